The van der Waals surface area contributed by atoms with E-state index in [2.05, 4.69) is 21.2 Å². The molecule has 1 amide bonds. The van der Waals surface area contributed by atoms with Gasteiger partial charge in [-0.2, -0.15) is 0 Å². The molecule has 0 bridgehead atoms. The zero-order valence-corrected chi connectivity index (χ0v) is 13.3. The van der Waals surface area contributed by atoms with E-state index in [0.717, 1.165) is 10.8 Å². The Hall–Kier alpha value is -1.56. The molecule has 0 spiro atoms. The molecule has 1 aromatic carbocycles. The van der Waals surface area contributed by atoms with E-state index >= 15 is 0 Å². The van der Waals surface area contributed by atoms with Gasteiger partial charge >= 0.3 is 6.09 Å². The summed E-state index contributed by atoms with van der Waals surface area (Å²) in [4.78, 5) is 22.2. The molecule has 6 heteroatoms. The summed E-state index contributed by atoms with van der Waals surface area (Å²) < 4.78 is 11.4. The summed E-state index contributed by atoms with van der Waals surface area (Å²) in [6.07, 6.45) is 0.231. The fourth-order valence-corrected chi connectivity index (χ4v) is 1.70. The zero-order chi connectivity index (χ0) is 15.2. The predicted octanol–water partition coefficient (Wildman–Crippen LogP) is 3.17. The third kappa shape index (κ3) is 6.06. The van der Waals surface area contributed by atoms with Crippen molar-refractivity contribution in [3.8, 4) is 5.75 Å². The van der Waals surface area contributed by atoms with E-state index in [9.17, 15) is 9.59 Å². The molecular weight excluding hydrogens is 326 g/mol. The lowest BCUT2D eigenvalue weighted by atomic mass is 10.2. The normalized spacial score (nSPS) is 10.8. The molecule has 0 atom stereocenters. The van der Waals surface area contributed by atoms with Gasteiger partial charge in [0.2, 0.25) is 0 Å². The zero-order valence-electron chi connectivity index (χ0n) is 11.7. The number of rotatable bonds is 5. The molecule has 1 aromatic rings. The van der Waals surface area contributed by atoms with E-state index in [-0.39, 0.29) is 6.61 Å². The molecule has 0 heterocycles. The maximum atomic E-state index is 11.4. The second kappa shape index (κ2) is 7.28. The fourth-order valence-electron chi connectivity index (χ4n) is 1.36. The van der Waals surface area contributed by atoms with Crippen molar-refractivity contribution in [2.45, 2.75) is 26.4 Å². The van der Waals surface area contributed by atoms with Crippen LogP contribution in [-0.4, -0.2) is 31.1 Å². The molecule has 0 radical (unpaired) electrons. The standard InChI is InChI=1S/C14H18BrNO4/c1-14(2,3)20-13(18)16-6-7-19-12-8-11(15)5-4-10(12)9-17/h4-5,8-9H,6-7H2,1-3H3,(H,16,18). The molecule has 0 aliphatic rings. The SMILES string of the molecule is CC(C)(C)OC(=O)NCCOc1cc(Br)ccc1C=O. The van der Waals surface area contributed by atoms with Crippen molar-refractivity contribution in [1.29, 1.82) is 0 Å². The summed E-state index contributed by atoms with van der Waals surface area (Å²) in [6, 6.07) is 5.13. The number of aldehydes is 1. The summed E-state index contributed by atoms with van der Waals surface area (Å²) in [5, 5.41) is 2.58. The highest BCUT2D eigenvalue weighted by atomic mass is 79.9. The summed E-state index contributed by atoms with van der Waals surface area (Å²) >= 11 is 3.31. The van der Waals surface area contributed by atoms with E-state index in [0.29, 0.717) is 17.9 Å². The van der Waals surface area contributed by atoms with Crippen molar-refractivity contribution in [1.82, 2.24) is 5.32 Å². The van der Waals surface area contributed by atoms with Gasteiger partial charge in [-0.3, -0.25) is 4.79 Å². The van der Waals surface area contributed by atoms with E-state index < -0.39 is 11.7 Å². The van der Waals surface area contributed by atoms with Gasteiger partial charge in [-0.05, 0) is 39.0 Å². The van der Waals surface area contributed by atoms with Crippen LogP contribution in [-0.2, 0) is 4.74 Å². The van der Waals surface area contributed by atoms with Gasteiger partial charge in [0.15, 0.2) is 6.29 Å². The highest BCUT2D eigenvalue weighted by Crippen LogP contribution is 2.22. The van der Waals surface area contributed by atoms with Crippen molar-refractivity contribution < 1.29 is 19.1 Å². The van der Waals surface area contributed by atoms with Crippen LogP contribution in [0.2, 0.25) is 0 Å². The molecule has 0 aromatic heterocycles. The van der Waals surface area contributed by atoms with Crippen LogP contribution in [0.1, 0.15) is 31.1 Å². The maximum Gasteiger partial charge on any atom is 0.407 e. The largest absolute Gasteiger partial charge is 0.491 e. The Balaban J connectivity index is 2.40. The molecule has 1 rings (SSSR count). The van der Waals surface area contributed by atoms with Crippen molar-refractivity contribution in [2.24, 2.45) is 0 Å². The molecule has 0 saturated heterocycles. The first kappa shape index (κ1) is 16.5. The summed E-state index contributed by atoms with van der Waals surface area (Å²) in [5.74, 6) is 0.473. The van der Waals surface area contributed by atoms with Gasteiger partial charge in [0.1, 0.15) is 18.0 Å². The summed E-state index contributed by atoms with van der Waals surface area (Å²) in [7, 11) is 0. The van der Waals surface area contributed by atoms with Crippen LogP contribution >= 0.6 is 15.9 Å². The highest BCUT2D eigenvalue weighted by molar-refractivity contribution is 9.10. The number of carbonyl (C=O) groups excluding carboxylic acids is 2. The second-order valence-electron chi connectivity index (χ2n) is 5.08. The number of hydrogen-bond donors (Lipinski definition) is 1. The van der Waals surface area contributed by atoms with Crippen molar-refractivity contribution in [2.75, 3.05) is 13.2 Å². The van der Waals surface area contributed by atoms with Gasteiger partial charge in [0.25, 0.3) is 0 Å². The number of nitrogens with one attached hydrogen (secondary N) is 1. The number of ether oxygens (including phenoxy) is 2. The third-order valence-corrected chi connectivity index (χ3v) is 2.62. The Bertz CT molecular complexity index is 483. The number of carbonyl (C=O) groups is 2. The Morgan fingerprint density at radius 2 is 2.10 bits per heavy atom. The second-order valence-corrected chi connectivity index (χ2v) is 5.99. The maximum absolute atomic E-state index is 11.4. The van der Waals surface area contributed by atoms with E-state index in [1.54, 1.807) is 39.0 Å². The van der Waals surface area contributed by atoms with Crippen LogP contribution in [0.25, 0.3) is 0 Å². The van der Waals surface area contributed by atoms with Crippen LogP contribution in [0.5, 0.6) is 5.75 Å². The number of alkyl carbamates (subject to hydrolysis) is 1. The van der Waals surface area contributed by atoms with Crippen LogP contribution < -0.4 is 10.1 Å². The number of halogens is 1. The first-order valence-electron chi connectivity index (χ1n) is 6.16. The number of hydrogen-bond acceptors (Lipinski definition) is 4. The first-order valence-corrected chi connectivity index (χ1v) is 6.95. The van der Waals surface area contributed by atoms with Crippen molar-refractivity contribution >= 4 is 28.3 Å². The Labute approximate surface area is 126 Å². The van der Waals surface area contributed by atoms with Crippen molar-refractivity contribution in [3.05, 3.63) is 28.2 Å². The van der Waals surface area contributed by atoms with Crippen LogP contribution in [0.15, 0.2) is 22.7 Å². The minimum Gasteiger partial charge on any atom is -0.491 e. The molecule has 5 nitrogen and oxygen atoms in total. The van der Waals surface area contributed by atoms with Crippen LogP contribution in [0, 0.1) is 0 Å². The quantitative estimate of drug-likeness (QED) is 0.658. The van der Waals surface area contributed by atoms with Gasteiger partial charge in [-0.1, -0.05) is 15.9 Å². The van der Waals surface area contributed by atoms with Crippen LogP contribution in [0.4, 0.5) is 4.79 Å². The topological polar surface area (TPSA) is 64.6 Å². The van der Waals surface area contributed by atoms with Gasteiger partial charge < -0.3 is 14.8 Å². The lowest BCUT2D eigenvalue weighted by molar-refractivity contribution is 0.0520. The summed E-state index contributed by atoms with van der Waals surface area (Å²) in [5.41, 5.74) is -0.0645. The monoisotopic (exact) mass is 343 g/mol. The molecule has 0 aliphatic heterocycles. The Morgan fingerprint density at radius 1 is 1.40 bits per heavy atom. The minimum absolute atomic E-state index is 0.247. The predicted molar refractivity (Wildman–Crippen MR) is 79.3 cm³/mol. The van der Waals surface area contributed by atoms with Gasteiger partial charge in [-0.25, -0.2) is 4.79 Å². The van der Waals surface area contributed by atoms with Gasteiger partial charge in [0.05, 0.1) is 12.1 Å². The molecular formula is C14H18BrNO4. The van der Waals surface area contributed by atoms with Gasteiger partial charge in [-0.15, -0.1) is 0 Å². The van der Waals surface area contributed by atoms with E-state index in [1.165, 1.54) is 0 Å². The molecule has 0 unspecified atom stereocenters. The average molecular weight is 344 g/mol. The lowest BCUT2D eigenvalue weighted by Crippen LogP contribution is -2.34. The van der Waals surface area contributed by atoms with Crippen molar-refractivity contribution in [3.63, 3.8) is 0 Å². The number of benzene rings is 1. The lowest BCUT2D eigenvalue weighted by Gasteiger charge is -2.19. The average Bonchev–Trinajstić information content (AvgIpc) is 2.33. The Morgan fingerprint density at radius 3 is 2.70 bits per heavy atom. The molecule has 0 aliphatic carbocycles. The smallest absolute Gasteiger partial charge is 0.407 e. The van der Waals surface area contributed by atoms with Gasteiger partial charge in [0, 0.05) is 4.47 Å². The molecule has 20 heavy (non-hydrogen) atoms. The third-order valence-electron chi connectivity index (χ3n) is 2.13. The number of amides is 1. The Kier molecular flexibility index (Phi) is 6.01. The molecule has 1 N–H and O–H groups in total. The molecule has 0 fully saturated rings. The van der Waals surface area contributed by atoms with E-state index in [1.807, 2.05) is 0 Å². The highest BCUT2D eigenvalue weighted by Gasteiger charge is 2.15. The molecule has 0 saturated carbocycles. The van der Waals surface area contributed by atoms with E-state index in [4.69, 9.17) is 9.47 Å². The first-order chi connectivity index (χ1) is 9.31. The summed E-state index contributed by atoms with van der Waals surface area (Å²) in [6.45, 7) is 5.92. The minimum atomic E-state index is -0.528. The van der Waals surface area contributed by atoms with Crippen LogP contribution in [0.3, 0.4) is 0 Å². The molecule has 110 valence electrons. The fraction of sp³-hybridized carbons (Fsp3) is 0.429.